The molecular weight excluding hydrogens is 378 g/mol. The third-order valence-corrected chi connectivity index (χ3v) is 5.41. The molecule has 2 N–H and O–H groups in total. The van der Waals surface area contributed by atoms with Crippen LogP contribution in [0.25, 0.3) is 6.08 Å². The molecule has 3 aromatic rings. The molecule has 0 amide bonds. The molecule has 3 heteroatoms. The molecule has 0 radical (unpaired) electrons. The quantitative estimate of drug-likeness (QED) is 0.481. The van der Waals surface area contributed by atoms with Crippen LogP contribution >= 0.6 is 12.4 Å². The lowest BCUT2D eigenvalue weighted by Crippen LogP contribution is -2.58. The Balaban J connectivity index is 0.00000300. The summed E-state index contributed by atoms with van der Waals surface area (Å²) < 4.78 is 6.24. The molecule has 0 aliphatic heterocycles. The van der Waals surface area contributed by atoms with Crippen LogP contribution in [0, 0.1) is 0 Å². The predicted molar refractivity (Wildman–Crippen MR) is 125 cm³/mol. The fourth-order valence-electron chi connectivity index (χ4n) is 3.98. The zero-order valence-electron chi connectivity index (χ0n) is 17.1. The molecule has 0 aromatic heterocycles. The maximum Gasteiger partial charge on any atom is 0.135 e. The number of allylic oxidation sites excluding steroid dienone is 1. The zero-order valence-corrected chi connectivity index (χ0v) is 17.9. The van der Waals surface area contributed by atoms with Crippen molar-refractivity contribution in [2.24, 2.45) is 5.73 Å². The smallest absolute Gasteiger partial charge is 0.135 e. The molecule has 0 spiro atoms. The molecule has 0 bridgehead atoms. The first-order valence-electron chi connectivity index (χ1n) is 9.77. The van der Waals surface area contributed by atoms with Crippen molar-refractivity contribution in [2.45, 2.75) is 30.9 Å². The summed E-state index contributed by atoms with van der Waals surface area (Å²) in [6.07, 6.45) is 5.99. The van der Waals surface area contributed by atoms with Gasteiger partial charge in [-0.1, -0.05) is 103 Å². The largest absolute Gasteiger partial charge is 0.367 e. The zero-order chi connectivity index (χ0) is 19.9. The maximum absolute atomic E-state index is 6.99. The molecule has 3 aromatic carbocycles. The summed E-state index contributed by atoms with van der Waals surface area (Å²) in [7, 11) is 1.75. The van der Waals surface area contributed by atoms with E-state index < -0.39 is 11.1 Å². The fraction of sp³-hybridized carbons (Fsp3) is 0.231. The summed E-state index contributed by atoms with van der Waals surface area (Å²) in [5.74, 6) is 0. The van der Waals surface area contributed by atoms with Crippen molar-refractivity contribution in [3.8, 4) is 0 Å². The van der Waals surface area contributed by atoms with E-state index in [-0.39, 0.29) is 12.4 Å². The van der Waals surface area contributed by atoms with Crippen molar-refractivity contribution >= 4 is 18.5 Å². The van der Waals surface area contributed by atoms with Crippen molar-refractivity contribution in [3.63, 3.8) is 0 Å². The molecule has 0 aliphatic rings. The molecule has 2 nitrogen and oxygen atoms in total. The third-order valence-electron chi connectivity index (χ3n) is 5.41. The van der Waals surface area contributed by atoms with Gasteiger partial charge in [0.1, 0.15) is 5.60 Å². The Morgan fingerprint density at radius 1 is 0.793 bits per heavy atom. The van der Waals surface area contributed by atoms with Crippen LogP contribution in [-0.2, 0) is 10.3 Å². The number of halogens is 1. The summed E-state index contributed by atoms with van der Waals surface area (Å²) in [6, 6.07) is 30.9. The minimum Gasteiger partial charge on any atom is -0.367 e. The lowest BCUT2D eigenvalue weighted by atomic mass is 9.70. The number of ether oxygens (including phenoxy) is 1. The first kappa shape index (κ1) is 22.9. The molecular formula is C26H30ClNO. The lowest BCUT2D eigenvalue weighted by molar-refractivity contribution is -0.0412. The van der Waals surface area contributed by atoms with Crippen LogP contribution in [-0.4, -0.2) is 12.6 Å². The van der Waals surface area contributed by atoms with Crippen LogP contribution in [0.3, 0.4) is 0 Å². The van der Waals surface area contributed by atoms with E-state index in [1.807, 2.05) is 54.6 Å². The summed E-state index contributed by atoms with van der Waals surface area (Å²) in [6.45, 7) is 2.09. The van der Waals surface area contributed by atoms with E-state index in [9.17, 15) is 0 Å². The van der Waals surface area contributed by atoms with Gasteiger partial charge in [0.05, 0.1) is 5.54 Å². The van der Waals surface area contributed by atoms with E-state index in [0.717, 1.165) is 24.0 Å². The summed E-state index contributed by atoms with van der Waals surface area (Å²) in [5.41, 5.74) is 9.00. The Hall–Kier alpha value is -2.39. The second kappa shape index (κ2) is 10.4. The molecule has 29 heavy (non-hydrogen) atoms. The highest BCUT2D eigenvalue weighted by molar-refractivity contribution is 5.85. The summed E-state index contributed by atoms with van der Waals surface area (Å²) in [5, 5.41) is 0. The van der Waals surface area contributed by atoms with Gasteiger partial charge in [0.2, 0.25) is 0 Å². The third kappa shape index (κ3) is 4.97. The standard InChI is InChI=1S/C26H29NO.ClH/c1-25(27,21-13-12-16-22-14-6-3-7-15-22)26(28-2,23-17-8-4-9-18-23)24-19-10-5-11-20-24;/h3-12,14-20H,13,21,27H2,1-2H3;1H. The molecule has 0 saturated carbocycles. The Morgan fingerprint density at radius 3 is 1.69 bits per heavy atom. The Kier molecular flexibility index (Phi) is 8.21. The molecule has 1 unspecified atom stereocenters. The van der Waals surface area contributed by atoms with Gasteiger partial charge in [0.15, 0.2) is 0 Å². The van der Waals surface area contributed by atoms with Crippen LogP contribution < -0.4 is 5.73 Å². The van der Waals surface area contributed by atoms with Crippen molar-refractivity contribution in [1.82, 2.24) is 0 Å². The van der Waals surface area contributed by atoms with Crippen molar-refractivity contribution in [1.29, 1.82) is 0 Å². The van der Waals surface area contributed by atoms with Crippen LogP contribution in [0.2, 0.25) is 0 Å². The Labute approximate surface area is 180 Å². The fourth-order valence-corrected chi connectivity index (χ4v) is 3.98. The Bertz CT molecular complexity index is 837. The van der Waals surface area contributed by atoms with Crippen LogP contribution in [0.1, 0.15) is 36.5 Å². The summed E-state index contributed by atoms with van der Waals surface area (Å²) >= 11 is 0. The summed E-state index contributed by atoms with van der Waals surface area (Å²) in [4.78, 5) is 0. The molecule has 0 saturated heterocycles. The molecule has 0 heterocycles. The van der Waals surface area contributed by atoms with Crippen molar-refractivity contribution in [2.75, 3.05) is 7.11 Å². The molecule has 3 rings (SSSR count). The van der Waals surface area contributed by atoms with Gasteiger partial charge >= 0.3 is 0 Å². The molecule has 152 valence electrons. The maximum atomic E-state index is 6.99. The van der Waals surface area contributed by atoms with Gasteiger partial charge in [0, 0.05) is 7.11 Å². The van der Waals surface area contributed by atoms with E-state index in [1.165, 1.54) is 5.56 Å². The molecule has 0 fully saturated rings. The number of hydrogen-bond donors (Lipinski definition) is 1. The van der Waals surface area contributed by atoms with Gasteiger partial charge in [0.25, 0.3) is 0 Å². The number of hydrogen-bond acceptors (Lipinski definition) is 2. The minimum atomic E-state index is -0.726. The average Bonchev–Trinajstić information content (AvgIpc) is 2.74. The highest BCUT2D eigenvalue weighted by Crippen LogP contribution is 2.43. The molecule has 1 atom stereocenters. The number of benzene rings is 3. The van der Waals surface area contributed by atoms with Gasteiger partial charge in [-0.05, 0) is 36.5 Å². The van der Waals surface area contributed by atoms with E-state index in [1.54, 1.807) is 7.11 Å². The Morgan fingerprint density at radius 2 is 1.24 bits per heavy atom. The second-order valence-corrected chi connectivity index (χ2v) is 7.39. The number of rotatable bonds is 8. The predicted octanol–water partition coefficient (Wildman–Crippen LogP) is 6.21. The number of nitrogens with two attached hydrogens (primary N) is 1. The lowest BCUT2D eigenvalue weighted by Gasteiger charge is -2.46. The highest BCUT2D eigenvalue weighted by Gasteiger charge is 2.48. The van der Waals surface area contributed by atoms with Gasteiger partial charge in [-0.3, -0.25) is 0 Å². The highest BCUT2D eigenvalue weighted by atomic mass is 35.5. The topological polar surface area (TPSA) is 35.2 Å². The van der Waals surface area contributed by atoms with Gasteiger partial charge in [-0.25, -0.2) is 0 Å². The van der Waals surface area contributed by atoms with Crippen molar-refractivity contribution < 1.29 is 4.74 Å². The minimum absolute atomic E-state index is 0. The average molecular weight is 408 g/mol. The first-order valence-corrected chi connectivity index (χ1v) is 9.77. The van der Waals surface area contributed by atoms with Gasteiger partial charge in [-0.2, -0.15) is 0 Å². The van der Waals surface area contributed by atoms with Crippen LogP contribution in [0.5, 0.6) is 0 Å². The van der Waals surface area contributed by atoms with Crippen LogP contribution in [0.4, 0.5) is 0 Å². The SMILES string of the molecule is COC(c1ccccc1)(c1ccccc1)C(C)(N)CCC=Cc1ccccc1.Cl. The van der Waals surface area contributed by atoms with Gasteiger partial charge in [-0.15, -0.1) is 12.4 Å². The van der Waals surface area contributed by atoms with E-state index in [4.69, 9.17) is 10.5 Å². The van der Waals surface area contributed by atoms with E-state index in [0.29, 0.717) is 0 Å². The number of methoxy groups -OCH3 is 1. The van der Waals surface area contributed by atoms with E-state index >= 15 is 0 Å². The van der Waals surface area contributed by atoms with Gasteiger partial charge < -0.3 is 10.5 Å². The van der Waals surface area contributed by atoms with Crippen molar-refractivity contribution in [3.05, 3.63) is 114 Å². The second-order valence-electron chi connectivity index (χ2n) is 7.39. The van der Waals surface area contributed by atoms with Crippen LogP contribution in [0.15, 0.2) is 97.1 Å². The monoisotopic (exact) mass is 407 g/mol. The molecule has 0 aliphatic carbocycles. The van der Waals surface area contributed by atoms with E-state index in [2.05, 4.69) is 55.5 Å². The normalized spacial score (nSPS) is 13.6. The first-order chi connectivity index (χ1) is 13.6.